The first kappa shape index (κ1) is 12.1. The van der Waals surface area contributed by atoms with Crippen LogP contribution in [0.2, 0.25) is 0 Å². The molecule has 1 heterocycles. The van der Waals surface area contributed by atoms with E-state index in [1.54, 1.807) is 30.6 Å². The van der Waals surface area contributed by atoms with E-state index < -0.39 is 0 Å². The van der Waals surface area contributed by atoms with Crippen LogP contribution in [0.3, 0.4) is 0 Å². The molecule has 0 aliphatic carbocycles. The molecule has 0 radical (unpaired) electrons. The number of carbonyl (C=O) groups is 1. The summed E-state index contributed by atoms with van der Waals surface area (Å²) in [7, 11) is 0. The Labute approximate surface area is 106 Å². The number of nitrogens with zero attached hydrogens (tertiary/aromatic N) is 1. The van der Waals surface area contributed by atoms with Crippen molar-refractivity contribution in [1.29, 1.82) is 0 Å². The third-order valence-electron chi connectivity index (χ3n) is 2.65. The maximum absolute atomic E-state index is 11.9. The predicted molar refractivity (Wildman–Crippen MR) is 71.1 cm³/mol. The Bertz CT molecular complexity index is 526. The van der Waals surface area contributed by atoms with Gasteiger partial charge in [-0.3, -0.25) is 9.78 Å². The zero-order valence-electron chi connectivity index (χ0n) is 9.97. The summed E-state index contributed by atoms with van der Waals surface area (Å²) in [5, 5.41) is 2.85. The lowest BCUT2D eigenvalue weighted by molar-refractivity contribution is 0.0955. The van der Waals surface area contributed by atoms with Crippen molar-refractivity contribution in [3.63, 3.8) is 0 Å². The van der Waals surface area contributed by atoms with E-state index in [1.165, 1.54) is 0 Å². The van der Waals surface area contributed by atoms with Gasteiger partial charge < -0.3 is 11.1 Å². The molecule has 0 aliphatic rings. The molecule has 2 aromatic rings. The van der Waals surface area contributed by atoms with Crippen molar-refractivity contribution in [2.75, 3.05) is 12.3 Å². The molecule has 1 aromatic carbocycles. The second-order valence-corrected chi connectivity index (χ2v) is 3.95. The van der Waals surface area contributed by atoms with E-state index in [0.717, 1.165) is 12.0 Å². The number of nitrogens with one attached hydrogen (secondary N) is 1. The van der Waals surface area contributed by atoms with Crippen LogP contribution in [0.4, 0.5) is 5.69 Å². The van der Waals surface area contributed by atoms with E-state index in [1.807, 2.05) is 18.2 Å². The number of aromatic nitrogens is 1. The molecule has 4 heteroatoms. The van der Waals surface area contributed by atoms with Crippen LogP contribution in [0.25, 0.3) is 0 Å². The number of hydrogen-bond donors (Lipinski definition) is 2. The number of hydrogen-bond acceptors (Lipinski definition) is 3. The van der Waals surface area contributed by atoms with E-state index in [2.05, 4.69) is 10.3 Å². The molecule has 0 bridgehead atoms. The van der Waals surface area contributed by atoms with Crippen LogP contribution in [0.5, 0.6) is 0 Å². The number of anilines is 1. The zero-order valence-corrected chi connectivity index (χ0v) is 9.97. The Kier molecular flexibility index (Phi) is 3.91. The van der Waals surface area contributed by atoms with E-state index in [0.29, 0.717) is 17.8 Å². The molecule has 92 valence electrons. The summed E-state index contributed by atoms with van der Waals surface area (Å²) in [6, 6.07) is 10.9. The lowest BCUT2D eigenvalue weighted by Crippen LogP contribution is -2.26. The highest BCUT2D eigenvalue weighted by Crippen LogP contribution is 2.09. The molecule has 0 atom stereocenters. The molecule has 1 aromatic heterocycles. The number of benzene rings is 1. The molecule has 0 unspecified atom stereocenters. The minimum Gasteiger partial charge on any atom is -0.398 e. The predicted octanol–water partition coefficient (Wildman–Crippen LogP) is 1.64. The van der Waals surface area contributed by atoms with Gasteiger partial charge in [-0.1, -0.05) is 12.1 Å². The molecule has 3 N–H and O–H groups in total. The van der Waals surface area contributed by atoms with Gasteiger partial charge in [0, 0.05) is 24.6 Å². The molecule has 2 rings (SSSR count). The van der Waals surface area contributed by atoms with Gasteiger partial charge in [-0.05, 0) is 36.2 Å². The first-order chi connectivity index (χ1) is 8.77. The number of rotatable bonds is 4. The molecule has 0 saturated heterocycles. The van der Waals surface area contributed by atoms with Crippen molar-refractivity contribution < 1.29 is 4.79 Å². The van der Waals surface area contributed by atoms with Crippen molar-refractivity contribution in [2.24, 2.45) is 0 Å². The average molecular weight is 241 g/mol. The van der Waals surface area contributed by atoms with Crippen LogP contribution in [0, 0.1) is 0 Å². The molecule has 0 saturated carbocycles. The van der Waals surface area contributed by atoms with Crippen LogP contribution in [0.15, 0.2) is 48.8 Å². The van der Waals surface area contributed by atoms with Crippen molar-refractivity contribution >= 4 is 11.6 Å². The highest BCUT2D eigenvalue weighted by molar-refractivity contribution is 5.99. The number of amides is 1. The number of pyridine rings is 1. The topological polar surface area (TPSA) is 68.0 Å². The summed E-state index contributed by atoms with van der Waals surface area (Å²) in [6.45, 7) is 0.581. The van der Waals surface area contributed by atoms with Crippen molar-refractivity contribution in [2.45, 2.75) is 6.42 Å². The lowest BCUT2D eigenvalue weighted by Gasteiger charge is -2.07. The fourth-order valence-corrected chi connectivity index (χ4v) is 1.67. The third kappa shape index (κ3) is 3.07. The van der Waals surface area contributed by atoms with Crippen LogP contribution < -0.4 is 11.1 Å². The van der Waals surface area contributed by atoms with Gasteiger partial charge in [0.15, 0.2) is 0 Å². The van der Waals surface area contributed by atoms with E-state index in [9.17, 15) is 4.79 Å². The number of nitrogens with two attached hydrogens (primary N) is 1. The minimum atomic E-state index is -0.137. The maximum Gasteiger partial charge on any atom is 0.253 e. The fourth-order valence-electron chi connectivity index (χ4n) is 1.67. The molecule has 1 amide bonds. The SMILES string of the molecule is Nc1ccccc1C(=O)NCCc1ccncc1. The molecule has 4 nitrogen and oxygen atoms in total. The van der Waals surface area contributed by atoms with E-state index in [4.69, 9.17) is 5.73 Å². The third-order valence-corrected chi connectivity index (χ3v) is 2.65. The lowest BCUT2D eigenvalue weighted by atomic mass is 10.1. The highest BCUT2D eigenvalue weighted by atomic mass is 16.1. The summed E-state index contributed by atoms with van der Waals surface area (Å²) in [6.07, 6.45) is 4.26. The summed E-state index contributed by atoms with van der Waals surface area (Å²) >= 11 is 0. The second-order valence-electron chi connectivity index (χ2n) is 3.95. The van der Waals surface area contributed by atoms with Gasteiger partial charge in [-0.15, -0.1) is 0 Å². The molecule has 0 spiro atoms. The second kappa shape index (κ2) is 5.82. The smallest absolute Gasteiger partial charge is 0.253 e. The Morgan fingerprint density at radius 2 is 1.89 bits per heavy atom. The van der Waals surface area contributed by atoms with Crippen LogP contribution in [0.1, 0.15) is 15.9 Å². The number of para-hydroxylation sites is 1. The highest BCUT2D eigenvalue weighted by Gasteiger charge is 2.07. The van der Waals surface area contributed by atoms with Gasteiger partial charge >= 0.3 is 0 Å². The average Bonchev–Trinajstić information content (AvgIpc) is 2.40. The monoisotopic (exact) mass is 241 g/mol. The Morgan fingerprint density at radius 1 is 1.17 bits per heavy atom. The Balaban J connectivity index is 1.88. The normalized spacial score (nSPS) is 10.0. The van der Waals surface area contributed by atoms with Crippen molar-refractivity contribution in [3.8, 4) is 0 Å². The standard InChI is InChI=1S/C14H15N3O/c15-13-4-2-1-3-12(13)14(18)17-10-7-11-5-8-16-9-6-11/h1-6,8-9H,7,10,15H2,(H,17,18). The Morgan fingerprint density at radius 3 is 2.61 bits per heavy atom. The summed E-state index contributed by atoms with van der Waals surface area (Å²) in [5.41, 5.74) is 7.90. The molecule has 18 heavy (non-hydrogen) atoms. The minimum absolute atomic E-state index is 0.137. The van der Waals surface area contributed by atoms with Crippen LogP contribution in [-0.4, -0.2) is 17.4 Å². The van der Waals surface area contributed by atoms with Gasteiger partial charge in [0.2, 0.25) is 0 Å². The molecule has 0 aliphatic heterocycles. The molecular formula is C14H15N3O. The van der Waals surface area contributed by atoms with Crippen LogP contribution in [-0.2, 0) is 6.42 Å². The largest absolute Gasteiger partial charge is 0.398 e. The zero-order chi connectivity index (χ0) is 12.8. The Hall–Kier alpha value is -2.36. The van der Waals surface area contributed by atoms with Gasteiger partial charge in [0.05, 0.1) is 5.56 Å². The van der Waals surface area contributed by atoms with E-state index >= 15 is 0 Å². The van der Waals surface area contributed by atoms with Crippen molar-refractivity contribution in [3.05, 3.63) is 59.9 Å². The van der Waals surface area contributed by atoms with Crippen LogP contribution >= 0.6 is 0 Å². The molecular weight excluding hydrogens is 226 g/mol. The summed E-state index contributed by atoms with van der Waals surface area (Å²) in [4.78, 5) is 15.8. The van der Waals surface area contributed by atoms with Gasteiger partial charge in [0.25, 0.3) is 5.91 Å². The van der Waals surface area contributed by atoms with Crippen molar-refractivity contribution in [1.82, 2.24) is 10.3 Å². The first-order valence-corrected chi connectivity index (χ1v) is 5.79. The maximum atomic E-state index is 11.9. The number of carbonyl (C=O) groups excluding carboxylic acids is 1. The fraction of sp³-hybridized carbons (Fsp3) is 0.143. The summed E-state index contributed by atoms with van der Waals surface area (Å²) in [5.74, 6) is -0.137. The summed E-state index contributed by atoms with van der Waals surface area (Å²) < 4.78 is 0. The first-order valence-electron chi connectivity index (χ1n) is 5.79. The quantitative estimate of drug-likeness (QED) is 0.799. The van der Waals surface area contributed by atoms with E-state index in [-0.39, 0.29) is 5.91 Å². The van der Waals surface area contributed by atoms with Gasteiger partial charge in [0.1, 0.15) is 0 Å². The number of nitrogen functional groups attached to an aromatic ring is 1. The van der Waals surface area contributed by atoms with Gasteiger partial charge in [-0.25, -0.2) is 0 Å². The molecule has 0 fully saturated rings. The van der Waals surface area contributed by atoms with Gasteiger partial charge in [-0.2, -0.15) is 0 Å².